The minimum atomic E-state index is -1.40. The summed E-state index contributed by atoms with van der Waals surface area (Å²) in [6.45, 7) is 2.37. The van der Waals surface area contributed by atoms with E-state index in [0.717, 1.165) is 29.9 Å². The van der Waals surface area contributed by atoms with Gasteiger partial charge in [-0.3, -0.25) is 14.5 Å². The number of pyridine rings is 1. The second kappa shape index (κ2) is 12.9. The molecular formula is C27H29ClN7O7S2+. The second-order valence-corrected chi connectivity index (χ2v) is 12.9. The number of fused-ring (bicyclic) bond motifs is 2. The van der Waals surface area contributed by atoms with Crippen LogP contribution in [-0.2, 0) is 30.6 Å². The van der Waals surface area contributed by atoms with Crippen LogP contribution in [0.5, 0.6) is 0 Å². The van der Waals surface area contributed by atoms with Crippen LogP contribution in [0.3, 0.4) is 0 Å². The summed E-state index contributed by atoms with van der Waals surface area (Å²) in [4.78, 5) is 60.2. The number of aliphatic carboxylic acids is 2. The van der Waals surface area contributed by atoms with E-state index in [1.165, 1.54) is 29.1 Å². The molecule has 6 N–H and O–H groups in total. The number of β-lactam (4-membered cyclic amide) rings is 1. The van der Waals surface area contributed by atoms with Gasteiger partial charge in [-0.1, -0.05) is 40.2 Å². The normalized spacial score (nSPS) is 21.4. The lowest BCUT2D eigenvalue weighted by Crippen LogP contribution is -2.71. The first kappa shape index (κ1) is 31.4. The Bertz CT molecular complexity index is 1630. The number of nitrogens with zero attached hydrogens (tertiary/aromatic N) is 4. The molecule has 4 atom stereocenters. The Morgan fingerprint density at radius 1 is 1.36 bits per heavy atom. The van der Waals surface area contributed by atoms with Gasteiger partial charge in [-0.15, -0.1) is 11.8 Å². The highest BCUT2D eigenvalue weighted by Gasteiger charge is 2.55. The minimum absolute atomic E-state index is 0.00496. The summed E-state index contributed by atoms with van der Waals surface area (Å²) in [7, 11) is 1.92. The molecule has 2 aromatic heterocycles. The van der Waals surface area contributed by atoms with Crippen LogP contribution in [0.15, 0.2) is 41.0 Å². The lowest BCUT2D eigenvalue weighted by atomic mass is 9.99. The minimum Gasteiger partial charge on any atom is -0.478 e. The van der Waals surface area contributed by atoms with Crippen molar-refractivity contribution in [2.24, 2.45) is 5.16 Å². The number of thiazole rings is 1. The summed E-state index contributed by atoms with van der Waals surface area (Å²) in [5.74, 6) is -3.49. The molecule has 2 aliphatic heterocycles. The van der Waals surface area contributed by atoms with E-state index in [9.17, 15) is 24.3 Å². The van der Waals surface area contributed by atoms with Gasteiger partial charge in [0.05, 0.1) is 0 Å². The SMILES string of the molecule is CNCCC1C=Cc2c[n+](CC3=C(C(=O)O)N4C(=O)C(NC(=O)C(=NO[C@@H](C)C(=O)O)c5nc(N)sc5Cl)[C@H]4SC3)ccc21. The van der Waals surface area contributed by atoms with Crippen molar-refractivity contribution in [2.45, 2.75) is 43.3 Å². The van der Waals surface area contributed by atoms with Crippen LogP contribution in [0, 0.1) is 0 Å². The molecule has 0 bridgehead atoms. The molecule has 0 aromatic carbocycles. The van der Waals surface area contributed by atoms with Crippen LogP contribution in [-0.4, -0.2) is 86.4 Å². The maximum absolute atomic E-state index is 13.3. The number of carbonyl (C=O) groups excluding carboxylic acids is 2. The van der Waals surface area contributed by atoms with Crippen molar-refractivity contribution >= 4 is 75.4 Å². The smallest absolute Gasteiger partial charge is 0.352 e. The fourth-order valence-corrected chi connectivity index (χ4v) is 7.35. The number of carbonyl (C=O) groups is 4. The van der Waals surface area contributed by atoms with E-state index in [1.807, 2.05) is 30.1 Å². The monoisotopic (exact) mass is 662 g/mol. The van der Waals surface area contributed by atoms with Gasteiger partial charge in [0.2, 0.25) is 6.10 Å². The molecule has 0 spiro atoms. The number of nitrogen functional groups attached to an aromatic ring is 1. The van der Waals surface area contributed by atoms with Gasteiger partial charge in [0.15, 0.2) is 29.8 Å². The van der Waals surface area contributed by atoms with Crippen molar-refractivity contribution in [1.29, 1.82) is 0 Å². The quantitative estimate of drug-likeness (QED) is 0.0940. The van der Waals surface area contributed by atoms with E-state index >= 15 is 0 Å². The van der Waals surface area contributed by atoms with E-state index in [-0.39, 0.29) is 27.4 Å². The Hall–Kier alpha value is -3.99. The van der Waals surface area contributed by atoms with E-state index < -0.39 is 47.0 Å². The topological polar surface area (TPSA) is 200 Å². The predicted molar refractivity (Wildman–Crippen MR) is 163 cm³/mol. The summed E-state index contributed by atoms with van der Waals surface area (Å²) in [6.07, 6.45) is 7.68. The number of allylic oxidation sites excluding steroid dienone is 1. The van der Waals surface area contributed by atoms with Gasteiger partial charge in [0, 0.05) is 28.9 Å². The van der Waals surface area contributed by atoms with E-state index in [4.69, 9.17) is 27.3 Å². The summed E-state index contributed by atoms with van der Waals surface area (Å²) in [5.41, 5.74) is 7.79. The Morgan fingerprint density at radius 2 is 2.14 bits per heavy atom. The Balaban J connectivity index is 1.33. The maximum Gasteiger partial charge on any atom is 0.352 e. The molecule has 2 unspecified atom stereocenters. The molecule has 44 heavy (non-hydrogen) atoms. The van der Waals surface area contributed by atoms with E-state index in [1.54, 1.807) is 0 Å². The van der Waals surface area contributed by atoms with E-state index in [0.29, 0.717) is 17.2 Å². The second-order valence-electron chi connectivity index (χ2n) is 10.2. The van der Waals surface area contributed by atoms with Crippen LogP contribution in [0.2, 0.25) is 4.34 Å². The molecule has 1 saturated heterocycles. The van der Waals surface area contributed by atoms with Gasteiger partial charge in [-0.25, -0.2) is 19.1 Å². The van der Waals surface area contributed by atoms with Crippen LogP contribution in [0.25, 0.3) is 6.08 Å². The molecule has 232 valence electrons. The number of thioether (sulfide) groups is 1. The van der Waals surface area contributed by atoms with E-state index in [2.05, 4.69) is 32.9 Å². The maximum atomic E-state index is 13.3. The fraction of sp³-hybridized carbons (Fsp3) is 0.370. The third-order valence-corrected chi connectivity index (χ3v) is 9.72. The van der Waals surface area contributed by atoms with Crippen molar-refractivity contribution in [3.8, 4) is 0 Å². The molecule has 17 heteroatoms. The number of rotatable bonds is 12. The highest BCUT2D eigenvalue weighted by Crippen LogP contribution is 2.40. The van der Waals surface area contributed by atoms with Crippen molar-refractivity contribution in [3.63, 3.8) is 0 Å². The highest BCUT2D eigenvalue weighted by atomic mass is 35.5. The number of nitrogens with two attached hydrogens (primary N) is 1. The summed E-state index contributed by atoms with van der Waals surface area (Å²) >= 11 is 8.35. The number of nitrogens with one attached hydrogen (secondary N) is 2. The van der Waals surface area contributed by atoms with Gasteiger partial charge in [0.25, 0.3) is 11.8 Å². The average molecular weight is 663 g/mol. The van der Waals surface area contributed by atoms with Crippen LogP contribution >= 0.6 is 34.7 Å². The average Bonchev–Trinajstić information content (AvgIpc) is 3.55. The zero-order valence-corrected chi connectivity index (χ0v) is 25.9. The zero-order valence-electron chi connectivity index (χ0n) is 23.5. The number of hydrogen-bond donors (Lipinski definition) is 5. The molecule has 0 saturated carbocycles. The largest absolute Gasteiger partial charge is 0.478 e. The zero-order chi connectivity index (χ0) is 31.7. The molecule has 0 radical (unpaired) electrons. The Labute approximate surface area is 264 Å². The number of amides is 2. The number of halogens is 1. The third kappa shape index (κ3) is 6.15. The Kier molecular flexibility index (Phi) is 9.24. The van der Waals surface area contributed by atoms with Crippen molar-refractivity contribution in [1.82, 2.24) is 20.5 Å². The van der Waals surface area contributed by atoms with Gasteiger partial charge in [0.1, 0.15) is 27.1 Å². The van der Waals surface area contributed by atoms with Crippen LogP contribution < -0.4 is 20.9 Å². The number of oxime groups is 1. The standard InChI is InChI=1S/C27H28ClN7O7S2/c1-12(25(38)39)42-33-18(17-21(28)44-27(29)32-17)22(36)31-19-23(37)35-20(26(40)41)15(11-43-24(19)35)10-34-8-6-16-13(5-7-30-2)3-4-14(16)9-34/h3-4,6,8-9,12-13,19,24,30H,5,7,10-11H2,1-2H3,(H4-,29,31,32,36,38,39,40,41)/p+1/t12-,13?,19?,24+/m0/s1. The van der Waals surface area contributed by atoms with Gasteiger partial charge >= 0.3 is 11.9 Å². The first-order chi connectivity index (χ1) is 21.0. The molecule has 2 aromatic rings. The van der Waals surface area contributed by atoms with Crippen molar-refractivity contribution in [3.05, 3.63) is 57.0 Å². The van der Waals surface area contributed by atoms with Gasteiger partial charge in [-0.05, 0) is 32.5 Å². The summed E-state index contributed by atoms with van der Waals surface area (Å²) < 4.78 is 1.90. The lowest BCUT2D eigenvalue weighted by molar-refractivity contribution is -0.689. The highest BCUT2D eigenvalue weighted by molar-refractivity contribution is 8.00. The molecule has 1 fully saturated rings. The first-order valence-corrected chi connectivity index (χ1v) is 15.7. The predicted octanol–water partition coefficient (Wildman–Crippen LogP) is 1.02. The number of carboxylic acids is 2. The molecule has 1 aliphatic carbocycles. The molecule has 4 heterocycles. The molecule has 2 amide bonds. The fourth-order valence-electron chi connectivity index (χ4n) is 5.09. The number of carboxylic acid groups (broad SMARTS) is 2. The van der Waals surface area contributed by atoms with Crippen molar-refractivity contribution < 1.29 is 38.8 Å². The molecule has 14 nitrogen and oxygen atoms in total. The number of aromatic nitrogens is 2. The van der Waals surface area contributed by atoms with Gasteiger partial charge < -0.3 is 31.4 Å². The lowest BCUT2D eigenvalue weighted by Gasteiger charge is -2.49. The molecule has 3 aliphatic rings. The number of anilines is 1. The number of hydrogen-bond acceptors (Lipinski definition) is 11. The Morgan fingerprint density at radius 3 is 2.80 bits per heavy atom. The summed E-state index contributed by atoms with van der Waals surface area (Å²) in [5, 5.41) is 27.9. The third-order valence-electron chi connectivity index (χ3n) is 7.30. The summed E-state index contributed by atoms with van der Waals surface area (Å²) in [6, 6.07) is 0.950. The molecular weight excluding hydrogens is 634 g/mol. The van der Waals surface area contributed by atoms with Gasteiger partial charge in [-0.2, -0.15) is 0 Å². The first-order valence-electron chi connectivity index (χ1n) is 13.5. The van der Waals surface area contributed by atoms with Crippen molar-refractivity contribution in [2.75, 3.05) is 25.1 Å². The molecule has 5 rings (SSSR count). The van der Waals surface area contributed by atoms with Crippen LogP contribution in [0.1, 0.15) is 36.1 Å². The van der Waals surface area contributed by atoms with Crippen LogP contribution in [0.4, 0.5) is 5.13 Å².